The maximum atomic E-state index is 10.7. The Hall–Kier alpha value is -0.650. The predicted molar refractivity (Wildman–Crippen MR) is 37.8 cm³/mol. The molecule has 2 atom stereocenters. The lowest BCUT2D eigenvalue weighted by molar-refractivity contribution is -0.134. The average Bonchev–Trinajstić information content (AvgIpc) is 1.98. The summed E-state index contributed by atoms with van der Waals surface area (Å²) < 4.78 is 0. The molecule has 0 aliphatic heterocycles. The van der Waals surface area contributed by atoms with E-state index in [0.717, 1.165) is 0 Å². The Kier molecular flexibility index (Phi) is 4.76. The van der Waals surface area contributed by atoms with Crippen molar-refractivity contribution in [3.63, 3.8) is 0 Å². The molecule has 4 N–H and O–H groups in total. The summed E-state index contributed by atoms with van der Waals surface area (Å²) in [5.41, 5.74) is 0. The Bertz CT molecular complexity index is 126. The largest absolute Gasteiger partial charge is 0.395 e. The van der Waals surface area contributed by atoms with Crippen LogP contribution in [0.4, 0.5) is 0 Å². The van der Waals surface area contributed by atoms with Crippen LogP contribution in [0.25, 0.3) is 0 Å². The molecule has 5 nitrogen and oxygen atoms in total. The summed E-state index contributed by atoms with van der Waals surface area (Å²) >= 11 is 0. The van der Waals surface area contributed by atoms with E-state index in [-0.39, 0.29) is 13.2 Å². The van der Waals surface area contributed by atoms with E-state index >= 15 is 0 Å². The minimum atomic E-state index is -1.42. The van der Waals surface area contributed by atoms with E-state index in [1.165, 1.54) is 6.92 Å². The van der Waals surface area contributed by atoms with Crippen LogP contribution in [0.1, 0.15) is 6.92 Å². The van der Waals surface area contributed by atoms with Crippen LogP contribution in [0.5, 0.6) is 0 Å². The zero-order valence-corrected chi connectivity index (χ0v) is 6.32. The van der Waals surface area contributed by atoms with Gasteiger partial charge < -0.3 is 20.6 Å². The number of aliphatic hydroxyl groups excluding tert-OH is 3. The molecule has 0 spiro atoms. The predicted octanol–water partition coefficient (Wildman–Crippen LogP) is -2.16. The average molecular weight is 163 g/mol. The van der Waals surface area contributed by atoms with Gasteiger partial charge in [-0.3, -0.25) is 4.79 Å². The normalized spacial score (nSPS) is 15.6. The molecule has 0 aromatic rings. The number of hydrogen-bond acceptors (Lipinski definition) is 4. The summed E-state index contributed by atoms with van der Waals surface area (Å²) in [6, 6.07) is 0. The van der Waals surface area contributed by atoms with Crippen molar-refractivity contribution in [1.29, 1.82) is 0 Å². The highest BCUT2D eigenvalue weighted by molar-refractivity contribution is 5.80. The minimum absolute atomic E-state index is 0.0859. The van der Waals surface area contributed by atoms with Crippen LogP contribution in [0.15, 0.2) is 0 Å². The van der Waals surface area contributed by atoms with Gasteiger partial charge in [0, 0.05) is 6.54 Å². The van der Waals surface area contributed by atoms with Gasteiger partial charge in [-0.15, -0.1) is 0 Å². The standard InChI is InChI=1S/C6H13NO4/c1-4(9)5(10)6(11)7-2-3-8/h4-5,8-10H,2-3H2,1H3,(H,7,11). The first-order valence-corrected chi connectivity index (χ1v) is 3.34. The molecule has 66 valence electrons. The fraction of sp³-hybridized carbons (Fsp3) is 0.833. The molecule has 0 aromatic carbocycles. The molecule has 1 amide bonds. The SMILES string of the molecule is CC(O)C(O)C(=O)NCCO. The molecule has 0 aliphatic carbocycles. The van der Waals surface area contributed by atoms with Crippen molar-refractivity contribution in [2.75, 3.05) is 13.2 Å². The van der Waals surface area contributed by atoms with E-state index in [9.17, 15) is 4.79 Å². The third kappa shape index (κ3) is 3.92. The van der Waals surface area contributed by atoms with E-state index in [4.69, 9.17) is 15.3 Å². The fourth-order valence-electron chi connectivity index (χ4n) is 0.503. The molecule has 0 aromatic heterocycles. The molecule has 0 fully saturated rings. The van der Waals surface area contributed by atoms with E-state index in [1.54, 1.807) is 0 Å². The monoisotopic (exact) mass is 163 g/mol. The number of aliphatic hydroxyl groups is 3. The molecular formula is C6H13NO4. The van der Waals surface area contributed by atoms with Crippen molar-refractivity contribution in [1.82, 2.24) is 5.32 Å². The maximum Gasteiger partial charge on any atom is 0.251 e. The first-order chi connectivity index (χ1) is 5.09. The lowest BCUT2D eigenvalue weighted by atomic mass is 10.2. The van der Waals surface area contributed by atoms with Gasteiger partial charge in [0.05, 0.1) is 12.7 Å². The molecule has 2 unspecified atom stereocenters. The zero-order valence-electron chi connectivity index (χ0n) is 6.32. The number of hydrogen-bond donors (Lipinski definition) is 4. The van der Waals surface area contributed by atoms with Crippen LogP contribution in [0, 0.1) is 0 Å². The Balaban J connectivity index is 3.64. The summed E-state index contributed by atoms with van der Waals surface area (Å²) in [5.74, 6) is -0.672. The second-order valence-corrected chi connectivity index (χ2v) is 2.20. The zero-order chi connectivity index (χ0) is 8.85. The van der Waals surface area contributed by atoms with Gasteiger partial charge >= 0.3 is 0 Å². The lowest BCUT2D eigenvalue weighted by Crippen LogP contribution is -2.41. The lowest BCUT2D eigenvalue weighted by Gasteiger charge is -2.12. The van der Waals surface area contributed by atoms with Crippen molar-refractivity contribution in [3.8, 4) is 0 Å². The maximum absolute atomic E-state index is 10.7. The second kappa shape index (κ2) is 5.06. The molecule has 0 aliphatic rings. The Labute approximate surface area is 64.7 Å². The van der Waals surface area contributed by atoms with Crippen molar-refractivity contribution < 1.29 is 20.1 Å². The quantitative estimate of drug-likeness (QED) is 0.380. The topological polar surface area (TPSA) is 89.8 Å². The molecule has 11 heavy (non-hydrogen) atoms. The summed E-state index contributed by atoms with van der Waals surface area (Å²) in [5, 5.41) is 28.1. The summed E-state index contributed by atoms with van der Waals surface area (Å²) in [6.45, 7) is 1.21. The minimum Gasteiger partial charge on any atom is -0.395 e. The van der Waals surface area contributed by atoms with Gasteiger partial charge in [-0.1, -0.05) is 0 Å². The number of rotatable bonds is 4. The van der Waals surface area contributed by atoms with Crippen molar-refractivity contribution in [3.05, 3.63) is 0 Å². The van der Waals surface area contributed by atoms with Gasteiger partial charge in [0.25, 0.3) is 5.91 Å². The molecule has 0 heterocycles. The van der Waals surface area contributed by atoms with Gasteiger partial charge in [-0.25, -0.2) is 0 Å². The van der Waals surface area contributed by atoms with Crippen LogP contribution < -0.4 is 5.32 Å². The number of nitrogens with one attached hydrogen (secondary N) is 1. The summed E-state index contributed by atoms with van der Waals surface area (Å²) in [6.07, 6.45) is -2.50. The van der Waals surface area contributed by atoms with Crippen molar-refractivity contribution in [2.45, 2.75) is 19.1 Å². The number of carbonyl (C=O) groups is 1. The molecule has 0 saturated heterocycles. The van der Waals surface area contributed by atoms with E-state index < -0.39 is 18.1 Å². The molecular weight excluding hydrogens is 150 g/mol. The third-order valence-corrected chi connectivity index (χ3v) is 1.14. The van der Waals surface area contributed by atoms with E-state index in [2.05, 4.69) is 5.32 Å². The highest BCUT2D eigenvalue weighted by Gasteiger charge is 2.19. The second-order valence-electron chi connectivity index (χ2n) is 2.20. The highest BCUT2D eigenvalue weighted by Crippen LogP contribution is 1.90. The van der Waals surface area contributed by atoms with Crippen LogP contribution in [0.3, 0.4) is 0 Å². The molecule has 0 bridgehead atoms. The smallest absolute Gasteiger partial charge is 0.251 e. The number of amides is 1. The summed E-state index contributed by atoms with van der Waals surface area (Å²) in [7, 11) is 0. The summed E-state index contributed by atoms with van der Waals surface area (Å²) in [4.78, 5) is 10.7. The first-order valence-electron chi connectivity index (χ1n) is 3.34. The van der Waals surface area contributed by atoms with E-state index in [1.807, 2.05) is 0 Å². The van der Waals surface area contributed by atoms with Crippen LogP contribution >= 0.6 is 0 Å². The third-order valence-electron chi connectivity index (χ3n) is 1.14. The van der Waals surface area contributed by atoms with E-state index in [0.29, 0.717) is 0 Å². The molecule has 0 saturated carbocycles. The Morgan fingerprint density at radius 3 is 2.45 bits per heavy atom. The number of carbonyl (C=O) groups excluding carboxylic acids is 1. The van der Waals surface area contributed by atoms with Gasteiger partial charge in [0.1, 0.15) is 0 Å². The Morgan fingerprint density at radius 1 is 1.55 bits per heavy atom. The van der Waals surface area contributed by atoms with Crippen LogP contribution in [-0.2, 0) is 4.79 Å². The molecule has 0 radical (unpaired) electrons. The molecule has 0 rings (SSSR count). The highest BCUT2D eigenvalue weighted by atomic mass is 16.3. The van der Waals surface area contributed by atoms with Gasteiger partial charge in [-0.2, -0.15) is 0 Å². The Morgan fingerprint density at radius 2 is 2.09 bits per heavy atom. The van der Waals surface area contributed by atoms with Gasteiger partial charge in [0.15, 0.2) is 6.10 Å². The van der Waals surface area contributed by atoms with Gasteiger partial charge in [0.2, 0.25) is 0 Å². The van der Waals surface area contributed by atoms with Crippen LogP contribution in [0.2, 0.25) is 0 Å². The van der Waals surface area contributed by atoms with Crippen LogP contribution in [-0.4, -0.2) is 46.6 Å². The first kappa shape index (κ1) is 10.3. The van der Waals surface area contributed by atoms with Crippen molar-refractivity contribution in [2.24, 2.45) is 0 Å². The fourth-order valence-corrected chi connectivity index (χ4v) is 0.503. The van der Waals surface area contributed by atoms with Gasteiger partial charge in [-0.05, 0) is 6.92 Å². The van der Waals surface area contributed by atoms with Crippen molar-refractivity contribution >= 4 is 5.91 Å². The molecule has 5 heteroatoms.